The minimum Gasteiger partial charge on any atom is -0.377 e. The summed E-state index contributed by atoms with van der Waals surface area (Å²) >= 11 is 1.58. The van der Waals surface area contributed by atoms with E-state index in [0.29, 0.717) is 16.4 Å². The van der Waals surface area contributed by atoms with Crippen LogP contribution in [0.3, 0.4) is 0 Å². The van der Waals surface area contributed by atoms with Crippen LogP contribution >= 0.6 is 11.8 Å². The third-order valence-corrected chi connectivity index (χ3v) is 4.23. The topological polar surface area (TPSA) is 91.7 Å². The molecule has 0 radical (unpaired) electrons. The molecular formula is C11H14N6OS. The number of thioether (sulfide) groups is 1. The highest BCUT2D eigenvalue weighted by molar-refractivity contribution is 7.99. The van der Waals surface area contributed by atoms with Crippen LogP contribution in [0.15, 0.2) is 23.9 Å². The zero-order valence-corrected chi connectivity index (χ0v) is 11.2. The van der Waals surface area contributed by atoms with Crippen LogP contribution in [-0.4, -0.2) is 42.5 Å². The van der Waals surface area contributed by atoms with Crippen LogP contribution in [-0.2, 0) is 4.74 Å². The molecule has 2 aromatic heterocycles. The smallest absolute Gasteiger partial charge is 0.240 e. The number of nitrogen functional groups attached to an aromatic ring is 1. The molecule has 1 aliphatic heterocycles. The van der Waals surface area contributed by atoms with Crippen molar-refractivity contribution in [2.75, 3.05) is 12.3 Å². The molecule has 1 aliphatic rings. The van der Waals surface area contributed by atoms with Crippen molar-refractivity contribution in [1.29, 1.82) is 0 Å². The predicted octanol–water partition coefficient (Wildman–Crippen LogP) is 0.909. The van der Waals surface area contributed by atoms with Crippen molar-refractivity contribution in [1.82, 2.24) is 24.5 Å². The van der Waals surface area contributed by atoms with Crippen molar-refractivity contribution in [2.45, 2.75) is 29.9 Å². The minimum atomic E-state index is 0.208. The lowest BCUT2D eigenvalue weighted by atomic mass is 10.3. The molecule has 7 nitrogen and oxygen atoms in total. The lowest BCUT2D eigenvalue weighted by Crippen LogP contribution is -2.15. The Morgan fingerprint density at radius 1 is 1.42 bits per heavy atom. The monoisotopic (exact) mass is 278 g/mol. The molecule has 100 valence electrons. The van der Waals surface area contributed by atoms with Crippen LogP contribution in [0.4, 0.5) is 5.95 Å². The number of imidazole rings is 1. The third kappa shape index (κ3) is 2.69. The molecular weight excluding hydrogens is 264 g/mol. The van der Waals surface area contributed by atoms with Crippen LogP contribution in [0.5, 0.6) is 0 Å². The van der Waals surface area contributed by atoms with Gasteiger partial charge in [0.15, 0.2) is 5.16 Å². The first-order chi connectivity index (χ1) is 9.22. The second kappa shape index (κ2) is 5.14. The first-order valence-electron chi connectivity index (χ1n) is 6.00. The molecule has 2 N–H and O–H groups in total. The summed E-state index contributed by atoms with van der Waals surface area (Å²) in [6.45, 7) is 2.85. The van der Waals surface area contributed by atoms with Gasteiger partial charge in [-0.3, -0.25) is 4.57 Å². The first-order valence-corrected chi connectivity index (χ1v) is 6.88. The maximum Gasteiger partial charge on any atom is 0.240 e. The zero-order chi connectivity index (χ0) is 13.2. The van der Waals surface area contributed by atoms with Crippen LogP contribution in [0, 0.1) is 0 Å². The number of ether oxygens (including phenoxy) is 1. The highest BCUT2D eigenvalue weighted by atomic mass is 32.2. The molecule has 0 spiro atoms. The summed E-state index contributed by atoms with van der Waals surface area (Å²) in [6, 6.07) is 0. The number of rotatable bonds is 3. The van der Waals surface area contributed by atoms with E-state index in [9.17, 15) is 0 Å². The standard InChI is InChI=1S/C11H14N6OS/c1-7-8(2-5-18-7)19-11-15-9(12)14-10(16-11)17-4-3-13-6-17/h3-4,6-8H,2,5H2,1H3,(H2,12,14,15,16). The molecule has 1 saturated heterocycles. The summed E-state index contributed by atoms with van der Waals surface area (Å²) in [6.07, 6.45) is 6.27. The molecule has 0 saturated carbocycles. The van der Waals surface area contributed by atoms with Crippen molar-refractivity contribution in [3.05, 3.63) is 18.7 Å². The van der Waals surface area contributed by atoms with Gasteiger partial charge in [-0.1, -0.05) is 11.8 Å². The van der Waals surface area contributed by atoms with Gasteiger partial charge in [0.25, 0.3) is 0 Å². The highest BCUT2D eigenvalue weighted by Gasteiger charge is 2.26. The van der Waals surface area contributed by atoms with Crippen LogP contribution in [0.1, 0.15) is 13.3 Å². The van der Waals surface area contributed by atoms with E-state index in [1.807, 2.05) is 0 Å². The molecule has 0 bridgehead atoms. The Hall–Kier alpha value is -1.67. The maximum atomic E-state index is 5.73. The van der Waals surface area contributed by atoms with Crippen LogP contribution < -0.4 is 5.73 Å². The SMILES string of the molecule is CC1OCCC1Sc1nc(N)nc(-n2ccnc2)n1. The normalized spacial score (nSPS) is 22.8. The van der Waals surface area contributed by atoms with Gasteiger partial charge >= 0.3 is 0 Å². The predicted molar refractivity (Wildman–Crippen MR) is 71.0 cm³/mol. The van der Waals surface area contributed by atoms with E-state index in [4.69, 9.17) is 10.5 Å². The minimum absolute atomic E-state index is 0.208. The van der Waals surface area contributed by atoms with E-state index < -0.39 is 0 Å². The van der Waals surface area contributed by atoms with Gasteiger partial charge in [0.2, 0.25) is 11.9 Å². The van der Waals surface area contributed by atoms with E-state index in [1.165, 1.54) is 0 Å². The lowest BCUT2D eigenvalue weighted by molar-refractivity contribution is 0.127. The van der Waals surface area contributed by atoms with Crippen molar-refractivity contribution in [2.24, 2.45) is 0 Å². The lowest BCUT2D eigenvalue weighted by Gasteiger charge is -2.12. The van der Waals surface area contributed by atoms with Gasteiger partial charge in [0.1, 0.15) is 6.33 Å². The largest absolute Gasteiger partial charge is 0.377 e. The number of nitrogens with zero attached hydrogens (tertiary/aromatic N) is 5. The van der Waals surface area contributed by atoms with Crippen molar-refractivity contribution in [3.63, 3.8) is 0 Å². The maximum absolute atomic E-state index is 5.73. The second-order valence-electron chi connectivity index (χ2n) is 4.27. The highest BCUT2D eigenvalue weighted by Crippen LogP contribution is 2.30. The van der Waals surface area contributed by atoms with E-state index in [0.717, 1.165) is 13.0 Å². The van der Waals surface area contributed by atoms with Gasteiger partial charge in [0.05, 0.1) is 6.10 Å². The van der Waals surface area contributed by atoms with Gasteiger partial charge in [-0.05, 0) is 13.3 Å². The van der Waals surface area contributed by atoms with E-state index in [2.05, 4.69) is 26.9 Å². The molecule has 2 atom stereocenters. The Morgan fingerprint density at radius 3 is 3.00 bits per heavy atom. The van der Waals surface area contributed by atoms with Crippen LogP contribution in [0.2, 0.25) is 0 Å². The average molecular weight is 278 g/mol. The Balaban J connectivity index is 1.85. The first kappa shape index (κ1) is 12.4. The van der Waals surface area contributed by atoms with E-state index >= 15 is 0 Å². The number of nitrogens with two attached hydrogens (primary N) is 1. The van der Waals surface area contributed by atoms with Crippen molar-refractivity contribution >= 4 is 17.7 Å². The molecule has 19 heavy (non-hydrogen) atoms. The molecule has 2 unspecified atom stereocenters. The fourth-order valence-corrected chi connectivity index (χ4v) is 2.94. The molecule has 0 aromatic carbocycles. The number of hydrogen-bond donors (Lipinski definition) is 1. The van der Waals surface area contributed by atoms with E-state index in [-0.39, 0.29) is 12.1 Å². The van der Waals surface area contributed by atoms with Gasteiger partial charge in [0, 0.05) is 24.3 Å². The van der Waals surface area contributed by atoms with Gasteiger partial charge in [-0.25, -0.2) is 4.98 Å². The summed E-state index contributed by atoms with van der Waals surface area (Å²) in [5.74, 6) is 0.701. The Kier molecular flexibility index (Phi) is 3.34. The van der Waals surface area contributed by atoms with E-state index in [1.54, 1.807) is 35.0 Å². The second-order valence-corrected chi connectivity index (χ2v) is 5.47. The number of aromatic nitrogens is 5. The van der Waals surface area contributed by atoms with Crippen molar-refractivity contribution in [3.8, 4) is 5.95 Å². The third-order valence-electron chi connectivity index (χ3n) is 2.92. The summed E-state index contributed by atoms with van der Waals surface area (Å²) in [5.41, 5.74) is 5.73. The van der Waals surface area contributed by atoms with Gasteiger partial charge < -0.3 is 10.5 Å². The Morgan fingerprint density at radius 2 is 2.32 bits per heavy atom. The summed E-state index contributed by atoms with van der Waals surface area (Å²) in [7, 11) is 0. The molecule has 2 aromatic rings. The molecule has 1 fully saturated rings. The summed E-state index contributed by atoms with van der Waals surface area (Å²) < 4.78 is 7.24. The Labute approximate surface area is 114 Å². The van der Waals surface area contributed by atoms with Crippen molar-refractivity contribution < 1.29 is 4.74 Å². The molecule has 3 heterocycles. The quantitative estimate of drug-likeness (QED) is 0.892. The molecule has 8 heteroatoms. The summed E-state index contributed by atoms with van der Waals surface area (Å²) in [4.78, 5) is 16.6. The number of hydrogen-bond acceptors (Lipinski definition) is 7. The molecule has 0 aliphatic carbocycles. The fourth-order valence-electron chi connectivity index (χ4n) is 1.91. The molecule has 0 amide bonds. The fraction of sp³-hybridized carbons (Fsp3) is 0.455. The summed E-state index contributed by atoms with van der Waals surface area (Å²) in [5, 5.41) is 0.982. The molecule has 3 rings (SSSR count). The van der Waals surface area contributed by atoms with Crippen LogP contribution in [0.25, 0.3) is 5.95 Å². The average Bonchev–Trinajstić information content (AvgIpc) is 3.01. The number of anilines is 1. The zero-order valence-electron chi connectivity index (χ0n) is 10.4. The van der Waals surface area contributed by atoms with Gasteiger partial charge in [-0.2, -0.15) is 15.0 Å². The Bertz CT molecular complexity index is 560. The van der Waals surface area contributed by atoms with Gasteiger partial charge in [-0.15, -0.1) is 0 Å².